The second-order valence-electron chi connectivity index (χ2n) is 5.20. The van der Waals surface area contributed by atoms with Gasteiger partial charge in [-0.3, -0.25) is 15.0 Å². The minimum Gasteiger partial charge on any atom is -0.334 e. The van der Waals surface area contributed by atoms with Gasteiger partial charge in [0.1, 0.15) is 0 Å². The highest BCUT2D eigenvalue weighted by Crippen LogP contribution is 2.29. The van der Waals surface area contributed by atoms with E-state index in [-0.39, 0.29) is 24.3 Å². The second-order valence-corrected chi connectivity index (χ2v) is 5.20. The monoisotopic (exact) mass is 361 g/mol. The number of hydrogen-bond donors (Lipinski definition) is 1. The van der Waals surface area contributed by atoms with Crippen molar-refractivity contribution in [2.45, 2.75) is 6.04 Å². The first-order valence-electron chi connectivity index (χ1n) is 6.85. The van der Waals surface area contributed by atoms with E-state index in [9.17, 15) is 18.9 Å². The Morgan fingerprint density at radius 2 is 2.21 bits per heavy atom. The topological polar surface area (TPSA) is 97.3 Å². The molecule has 1 unspecified atom stereocenters. The molecule has 1 fully saturated rings. The zero-order chi connectivity index (χ0) is 16.6. The number of non-ortho nitro benzene ring substituents is 1. The first-order valence-corrected chi connectivity index (χ1v) is 6.85. The molecule has 130 valence electrons. The number of nitro groups is 1. The Bertz CT molecular complexity index is 757. The van der Waals surface area contributed by atoms with Gasteiger partial charge in [0.2, 0.25) is 0 Å². The maximum atomic E-state index is 13.9. The Hall–Kier alpha value is -2.17. The summed E-state index contributed by atoms with van der Waals surface area (Å²) in [6.07, 6.45) is 0. The van der Waals surface area contributed by atoms with Gasteiger partial charge in [0.05, 0.1) is 22.6 Å². The molecule has 1 aromatic heterocycles. The number of rotatable bonds is 3. The van der Waals surface area contributed by atoms with Gasteiger partial charge in [-0.25, -0.2) is 8.78 Å². The molecular formula is C13H14ClF2N5O3. The Morgan fingerprint density at radius 1 is 1.46 bits per heavy atom. The highest BCUT2D eigenvalue weighted by atomic mass is 35.5. The number of benzene rings is 1. The minimum absolute atomic E-state index is 0. The van der Waals surface area contributed by atoms with Crippen molar-refractivity contribution in [2.24, 2.45) is 0 Å². The lowest BCUT2D eigenvalue weighted by atomic mass is 10.1. The molecule has 0 radical (unpaired) electrons. The van der Waals surface area contributed by atoms with Crippen molar-refractivity contribution in [3.05, 3.63) is 39.7 Å². The molecule has 8 nitrogen and oxygen atoms in total. The van der Waals surface area contributed by atoms with Crippen molar-refractivity contribution >= 4 is 18.1 Å². The number of nitrogens with one attached hydrogen (secondary N) is 1. The largest absolute Gasteiger partial charge is 0.334 e. The molecule has 0 amide bonds. The summed E-state index contributed by atoms with van der Waals surface area (Å²) < 4.78 is 32.4. The van der Waals surface area contributed by atoms with Crippen molar-refractivity contribution in [1.82, 2.24) is 20.4 Å². The fourth-order valence-electron chi connectivity index (χ4n) is 2.41. The van der Waals surface area contributed by atoms with E-state index in [1.165, 1.54) is 0 Å². The van der Waals surface area contributed by atoms with Crippen molar-refractivity contribution in [3.63, 3.8) is 0 Å². The van der Waals surface area contributed by atoms with Gasteiger partial charge in [0.25, 0.3) is 11.6 Å². The Balaban J connectivity index is 0.00000208. The molecule has 1 aliphatic rings. The highest BCUT2D eigenvalue weighted by molar-refractivity contribution is 5.85. The summed E-state index contributed by atoms with van der Waals surface area (Å²) in [6.45, 7) is 2.18. The fraction of sp³-hybridized carbons (Fsp3) is 0.385. The smallest absolute Gasteiger partial charge is 0.273 e. The van der Waals surface area contributed by atoms with E-state index < -0.39 is 27.8 Å². The summed E-state index contributed by atoms with van der Waals surface area (Å²) in [5.74, 6) is -2.59. The molecule has 1 N–H and O–H groups in total. The van der Waals surface area contributed by atoms with Crippen molar-refractivity contribution in [1.29, 1.82) is 0 Å². The normalized spacial score (nSPS) is 18.2. The first-order chi connectivity index (χ1) is 11.0. The number of aromatic nitrogens is 2. The average Bonchev–Trinajstić information content (AvgIpc) is 2.99. The number of piperazine rings is 1. The van der Waals surface area contributed by atoms with E-state index in [1.54, 1.807) is 0 Å². The SMILES string of the molecule is CN1CCNCC1c1noc(-c2cc([N+](=O)[O-])cc(F)c2F)n1.Cl. The molecule has 0 aliphatic carbocycles. The van der Waals surface area contributed by atoms with Crippen LogP contribution in [0.5, 0.6) is 0 Å². The zero-order valence-electron chi connectivity index (χ0n) is 12.5. The van der Waals surface area contributed by atoms with Gasteiger partial charge in [0.15, 0.2) is 17.5 Å². The lowest BCUT2D eigenvalue weighted by Crippen LogP contribution is -2.44. The van der Waals surface area contributed by atoms with Gasteiger partial charge in [-0.2, -0.15) is 4.98 Å². The molecule has 24 heavy (non-hydrogen) atoms. The number of hydrogen-bond acceptors (Lipinski definition) is 7. The van der Waals surface area contributed by atoms with Crippen LogP contribution in [0.4, 0.5) is 14.5 Å². The van der Waals surface area contributed by atoms with Crippen molar-refractivity contribution < 1.29 is 18.2 Å². The fourth-order valence-corrected chi connectivity index (χ4v) is 2.41. The van der Waals surface area contributed by atoms with E-state index in [0.717, 1.165) is 19.2 Å². The quantitative estimate of drug-likeness (QED) is 0.658. The summed E-state index contributed by atoms with van der Waals surface area (Å²) in [7, 11) is 1.88. The maximum absolute atomic E-state index is 13.9. The summed E-state index contributed by atoms with van der Waals surface area (Å²) in [5.41, 5.74) is -1.02. The van der Waals surface area contributed by atoms with Crippen LogP contribution in [0.3, 0.4) is 0 Å². The molecule has 1 saturated heterocycles. The first kappa shape index (κ1) is 18.2. The Morgan fingerprint density at radius 3 is 2.88 bits per heavy atom. The third kappa shape index (κ3) is 3.35. The van der Waals surface area contributed by atoms with Crippen LogP contribution in [0.15, 0.2) is 16.7 Å². The van der Waals surface area contributed by atoms with Gasteiger partial charge in [-0.1, -0.05) is 5.16 Å². The van der Waals surface area contributed by atoms with Gasteiger partial charge < -0.3 is 9.84 Å². The van der Waals surface area contributed by atoms with Crippen LogP contribution in [0.25, 0.3) is 11.5 Å². The van der Waals surface area contributed by atoms with Crippen LogP contribution in [0, 0.1) is 21.7 Å². The van der Waals surface area contributed by atoms with Crippen LogP contribution in [0.1, 0.15) is 11.9 Å². The number of likely N-dealkylation sites (N-methyl/N-ethyl adjacent to an activating group) is 1. The minimum atomic E-state index is -1.34. The number of halogens is 3. The standard InChI is InChI=1S/C13H13F2N5O3.ClH/c1-19-3-2-16-6-10(19)12-17-13(23-18-12)8-4-7(20(21)22)5-9(14)11(8)15;/h4-5,10,16H,2-3,6H2,1H3;1H. The molecule has 0 bridgehead atoms. The third-order valence-electron chi connectivity index (χ3n) is 3.71. The van der Waals surface area contributed by atoms with Gasteiger partial charge in [-0.15, -0.1) is 12.4 Å². The summed E-state index contributed by atoms with van der Waals surface area (Å²) in [5, 5.41) is 17.7. The van der Waals surface area contributed by atoms with Crippen LogP contribution in [-0.2, 0) is 0 Å². The molecule has 11 heteroatoms. The van der Waals surface area contributed by atoms with Crippen LogP contribution >= 0.6 is 12.4 Å². The van der Waals surface area contributed by atoms with E-state index in [4.69, 9.17) is 4.52 Å². The van der Waals surface area contributed by atoms with Crippen molar-refractivity contribution in [3.8, 4) is 11.5 Å². The van der Waals surface area contributed by atoms with Crippen LogP contribution in [0.2, 0.25) is 0 Å². The molecule has 2 aromatic rings. The molecule has 3 rings (SSSR count). The van der Waals surface area contributed by atoms with E-state index >= 15 is 0 Å². The van der Waals surface area contributed by atoms with Crippen LogP contribution in [-0.4, -0.2) is 46.6 Å². The molecular weight excluding hydrogens is 348 g/mol. The molecule has 0 saturated carbocycles. The van der Waals surface area contributed by atoms with E-state index in [2.05, 4.69) is 15.5 Å². The Kier molecular flexibility index (Phi) is 5.42. The number of nitrogens with zero attached hydrogens (tertiary/aromatic N) is 4. The average molecular weight is 362 g/mol. The molecule has 2 heterocycles. The predicted octanol–water partition coefficient (Wildman–Crippen LogP) is 1.92. The molecule has 0 spiro atoms. The molecule has 1 aliphatic heterocycles. The number of nitro benzene ring substituents is 1. The van der Waals surface area contributed by atoms with Crippen molar-refractivity contribution in [2.75, 3.05) is 26.7 Å². The second kappa shape index (κ2) is 7.16. The lowest BCUT2D eigenvalue weighted by molar-refractivity contribution is -0.385. The Labute approximate surface area is 141 Å². The summed E-state index contributed by atoms with van der Waals surface area (Å²) >= 11 is 0. The molecule has 1 aromatic carbocycles. The van der Waals surface area contributed by atoms with Gasteiger partial charge in [-0.05, 0) is 7.05 Å². The highest BCUT2D eigenvalue weighted by Gasteiger charge is 2.27. The molecule has 1 atom stereocenters. The van der Waals surface area contributed by atoms with Gasteiger partial charge >= 0.3 is 0 Å². The third-order valence-corrected chi connectivity index (χ3v) is 3.71. The predicted molar refractivity (Wildman–Crippen MR) is 81.8 cm³/mol. The lowest BCUT2D eigenvalue weighted by Gasteiger charge is -2.30. The summed E-state index contributed by atoms with van der Waals surface area (Å²) in [4.78, 5) is 16.0. The van der Waals surface area contributed by atoms with E-state index in [0.29, 0.717) is 18.4 Å². The van der Waals surface area contributed by atoms with E-state index in [1.807, 2.05) is 11.9 Å². The maximum Gasteiger partial charge on any atom is 0.273 e. The van der Waals surface area contributed by atoms with Crippen LogP contribution < -0.4 is 5.32 Å². The van der Waals surface area contributed by atoms with Gasteiger partial charge in [0, 0.05) is 25.7 Å². The summed E-state index contributed by atoms with van der Waals surface area (Å²) in [6, 6.07) is 1.21. The zero-order valence-corrected chi connectivity index (χ0v) is 13.3.